The van der Waals surface area contributed by atoms with E-state index in [0.717, 1.165) is 0 Å². The molecular formula is C31H34Si. The lowest BCUT2D eigenvalue weighted by Gasteiger charge is -2.44. The minimum absolute atomic E-state index is 0.600. The highest BCUT2D eigenvalue weighted by Crippen LogP contribution is 2.52. The molecule has 0 N–H and O–H groups in total. The van der Waals surface area contributed by atoms with Crippen LogP contribution in [0.1, 0.15) is 30.0 Å². The molecule has 0 bridgehead atoms. The number of fused-ring (bicyclic) bond motifs is 1. The lowest BCUT2D eigenvalue weighted by Crippen LogP contribution is -2.71. The quantitative estimate of drug-likeness (QED) is 0.357. The molecule has 3 aromatic rings. The monoisotopic (exact) mass is 434 g/mol. The maximum absolute atomic E-state index is 2.53. The van der Waals surface area contributed by atoms with Crippen LogP contribution >= 0.6 is 0 Å². The van der Waals surface area contributed by atoms with Crippen LogP contribution in [0.5, 0.6) is 0 Å². The third-order valence-corrected chi connectivity index (χ3v) is 13.5. The van der Waals surface area contributed by atoms with Gasteiger partial charge in [0, 0.05) is 0 Å². The normalized spacial score (nSPS) is 24.5. The Morgan fingerprint density at radius 3 is 1.59 bits per heavy atom. The summed E-state index contributed by atoms with van der Waals surface area (Å²) in [7, 11) is -2.34. The van der Waals surface area contributed by atoms with E-state index in [1.807, 2.05) is 0 Å². The van der Waals surface area contributed by atoms with Gasteiger partial charge in [-0.3, -0.25) is 0 Å². The molecule has 0 radical (unpaired) electrons. The highest BCUT2D eigenvalue weighted by molar-refractivity contribution is 7.12. The van der Waals surface area contributed by atoms with E-state index in [-0.39, 0.29) is 0 Å². The first-order chi connectivity index (χ1) is 15.5. The molecule has 1 saturated carbocycles. The molecule has 0 aromatic heterocycles. The average molecular weight is 435 g/mol. The van der Waals surface area contributed by atoms with Gasteiger partial charge in [0.1, 0.15) is 0 Å². The summed E-state index contributed by atoms with van der Waals surface area (Å²) in [5.41, 5.74) is 4.71. The van der Waals surface area contributed by atoms with Gasteiger partial charge in [0.15, 0.2) is 8.07 Å². The van der Waals surface area contributed by atoms with Gasteiger partial charge >= 0.3 is 0 Å². The van der Waals surface area contributed by atoms with Crippen molar-refractivity contribution in [1.82, 2.24) is 0 Å². The van der Waals surface area contributed by atoms with E-state index in [1.165, 1.54) is 23.1 Å². The fourth-order valence-corrected chi connectivity index (χ4v) is 13.2. The van der Waals surface area contributed by atoms with E-state index >= 15 is 0 Å². The Hall–Kier alpha value is -2.64. The first kappa shape index (κ1) is 21.2. The van der Waals surface area contributed by atoms with Gasteiger partial charge in [-0.05, 0) is 66.0 Å². The van der Waals surface area contributed by atoms with Gasteiger partial charge in [-0.1, -0.05) is 121 Å². The molecule has 162 valence electrons. The predicted molar refractivity (Wildman–Crippen MR) is 141 cm³/mol. The Labute approximate surface area is 194 Å². The minimum atomic E-state index is -2.34. The SMILES string of the molecule is Cc1cccc([Si](c2cccc(C)c2)(c2cccc(C)c2)C2C(C)CC3C=CC=CC32)c1. The molecule has 2 aliphatic rings. The number of benzene rings is 3. The van der Waals surface area contributed by atoms with Gasteiger partial charge in [0.2, 0.25) is 0 Å². The van der Waals surface area contributed by atoms with Crippen LogP contribution < -0.4 is 15.6 Å². The van der Waals surface area contributed by atoms with Crippen molar-refractivity contribution < 1.29 is 0 Å². The Morgan fingerprint density at radius 1 is 0.656 bits per heavy atom. The third kappa shape index (κ3) is 3.44. The summed E-state index contributed by atoms with van der Waals surface area (Å²) in [5.74, 6) is 1.93. The second kappa shape index (κ2) is 8.37. The predicted octanol–water partition coefficient (Wildman–Crippen LogP) is 5.85. The Balaban J connectivity index is 1.89. The summed E-state index contributed by atoms with van der Waals surface area (Å²) < 4.78 is 0. The second-order valence-corrected chi connectivity index (χ2v) is 14.2. The molecule has 32 heavy (non-hydrogen) atoms. The Bertz CT molecular complexity index is 1070. The largest absolute Gasteiger partial charge is 0.152 e. The van der Waals surface area contributed by atoms with Crippen molar-refractivity contribution in [3.05, 3.63) is 114 Å². The maximum atomic E-state index is 2.53. The van der Waals surface area contributed by atoms with E-state index in [1.54, 1.807) is 15.6 Å². The van der Waals surface area contributed by atoms with Gasteiger partial charge in [0.05, 0.1) is 0 Å². The van der Waals surface area contributed by atoms with Gasteiger partial charge in [-0.2, -0.15) is 0 Å². The van der Waals surface area contributed by atoms with Crippen molar-refractivity contribution in [2.45, 2.75) is 39.7 Å². The smallest absolute Gasteiger partial charge is 0.0808 e. The summed E-state index contributed by atoms with van der Waals surface area (Å²) >= 11 is 0. The van der Waals surface area contributed by atoms with Gasteiger partial charge in [-0.25, -0.2) is 0 Å². The molecule has 0 saturated heterocycles. The lowest BCUT2D eigenvalue weighted by atomic mass is 9.92. The number of allylic oxidation sites excluding steroid dienone is 4. The summed E-state index contributed by atoms with van der Waals surface area (Å²) in [6.07, 6.45) is 10.9. The number of rotatable bonds is 4. The molecule has 0 nitrogen and oxygen atoms in total. The Kier molecular flexibility index (Phi) is 5.55. The van der Waals surface area contributed by atoms with Crippen molar-refractivity contribution in [3.8, 4) is 0 Å². The molecule has 0 aliphatic heterocycles. The van der Waals surface area contributed by atoms with Crippen LogP contribution in [0, 0.1) is 38.5 Å². The van der Waals surface area contributed by atoms with Crippen LogP contribution in [0.4, 0.5) is 0 Å². The zero-order valence-corrected chi connectivity index (χ0v) is 20.8. The second-order valence-electron chi connectivity index (χ2n) is 10.2. The summed E-state index contributed by atoms with van der Waals surface area (Å²) in [6, 6.07) is 28.4. The van der Waals surface area contributed by atoms with Crippen LogP contribution in [0.2, 0.25) is 5.54 Å². The molecule has 0 heterocycles. The molecule has 1 fully saturated rings. The summed E-state index contributed by atoms with van der Waals surface area (Å²) in [5, 5.41) is 4.69. The van der Waals surface area contributed by atoms with Crippen LogP contribution in [0.25, 0.3) is 0 Å². The van der Waals surface area contributed by atoms with E-state index in [4.69, 9.17) is 0 Å². The summed E-state index contributed by atoms with van der Waals surface area (Å²) in [4.78, 5) is 0. The maximum Gasteiger partial charge on any atom is 0.152 e. The molecule has 3 aromatic carbocycles. The van der Waals surface area contributed by atoms with E-state index < -0.39 is 8.07 Å². The van der Waals surface area contributed by atoms with Gasteiger partial charge in [-0.15, -0.1) is 0 Å². The van der Waals surface area contributed by atoms with Crippen LogP contribution in [-0.2, 0) is 0 Å². The molecule has 0 amide bonds. The van der Waals surface area contributed by atoms with Crippen molar-refractivity contribution in [1.29, 1.82) is 0 Å². The van der Waals surface area contributed by atoms with Crippen molar-refractivity contribution >= 4 is 23.6 Å². The van der Waals surface area contributed by atoms with Gasteiger partial charge in [0.25, 0.3) is 0 Å². The van der Waals surface area contributed by atoms with Crippen LogP contribution in [-0.4, -0.2) is 8.07 Å². The molecule has 5 rings (SSSR count). The standard InChI is InChI=1S/C31H34Si/c1-22-10-7-14-27(18-22)32(28-15-8-11-23(2)19-28,29-16-9-12-24(3)20-29)31-25(4)21-26-13-5-6-17-30(26)31/h5-20,25-26,30-31H,21H2,1-4H3. The zero-order valence-electron chi connectivity index (χ0n) is 19.8. The van der Waals surface area contributed by atoms with E-state index in [9.17, 15) is 0 Å². The molecule has 2 aliphatic carbocycles. The molecule has 1 heteroatoms. The minimum Gasteiger partial charge on any atom is -0.0808 e. The molecular weight excluding hydrogens is 400 g/mol. The molecule has 4 unspecified atom stereocenters. The van der Waals surface area contributed by atoms with Crippen molar-refractivity contribution in [2.75, 3.05) is 0 Å². The van der Waals surface area contributed by atoms with Crippen molar-refractivity contribution in [2.24, 2.45) is 17.8 Å². The third-order valence-electron chi connectivity index (χ3n) is 7.89. The topological polar surface area (TPSA) is 0 Å². The average Bonchev–Trinajstić information content (AvgIpc) is 3.11. The van der Waals surface area contributed by atoms with E-state index in [2.05, 4.69) is 125 Å². The lowest BCUT2D eigenvalue weighted by molar-refractivity contribution is 0.547. The van der Waals surface area contributed by atoms with Crippen LogP contribution in [0.15, 0.2) is 97.1 Å². The Morgan fingerprint density at radius 2 is 1.12 bits per heavy atom. The number of aryl methyl sites for hydroxylation is 3. The summed E-state index contributed by atoms with van der Waals surface area (Å²) in [6.45, 7) is 9.27. The molecule has 0 spiro atoms. The molecule has 4 atom stereocenters. The first-order valence-electron chi connectivity index (χ1n) is 12.1. The fraction of sp³-hybridized carbons (Fsp3) is 0.290. The fourth-order valence-electron chi connectivity index (χ4n) is 6.71. The van der Waals surface area contributed by atoms with Gasteiger partial charge < -0.3 is 0 Å². The number of hydrogen-bond acceptors (Lipinski definition) is 0. The van der Waals surface area contributed by atoms with E-state index in [0.29, 0.717) is 23.3 Å². The highest BCUT2D eigenvalue weighted by atomic mass is 28.3. The zero-order chi connectivity index (χ0) is 22.3. The van der Waals surface area contributed by atoms with Crippen LogP contribution in [0.3, 0.4) is 0 Å². The number of hydrogen-bond donors (Lipinski definition) is 0. The highest BCUT2D eigenvalue weighted by Gasteiger charge is 2.55. The first-order valence-corrected chi connectivity index (χ1v) is 14.1. The van der Waals surface area contributed by atoms with Crippen molar-refractivity contribution in [3.63, 3.8) is 0 Å².